The maximum absolute atomic E-state index is 5.89. The van der Waals surface area contributed by atoms with Crippen molar-refractivity contribution in [3.63, 3.8) is 0 Å². The summed E-state index contributed by atoms with van der Waals surface area (Å²) >= 11 is 0. The molecule has 3 rings (SSSR count). The van der Waals surface area contributed by atoms with Gasteiger partial charge in [-0.1, -0.05) is 0 Å². The molecule has 0 radical (unpaired) electrons. The van der Waals surface area contributed by atoms with Crippen molar-refractivity contribution in [3.05, 3.63) is 41.2 Å². The molecule has 23 heavy (non-hydrogen) atoms. The number of aromatic nitrogens is 2. The van der Waals surface area contributed by atoms with Crippen LogP contribution in [0.15, 0.2) is 22.6 Å². The van der Waals surface area contributed by atoms with E-state index in [0.29, 0.717) is 13.2 Å². The molecule has 1 fully saturated rings. The van der Waals surface area contributed by atoms with Crippen molar-refractivity contribution < 1.29 is 9.15 Å². The molecule has 0 bridgehead atoms. The lowest BCUT2D eigenvalue weighted by atomic mass is 10.00. The zero-order valence-corrected chi connectivity index (χ0v) is 14.2. The van der Waals surface area contributed by atoms with Gasteiger partial charge in [-0.3, -0.25) is 0 Å². The van der Waals surface area contributed by atoms with E-state index in [2.05, 4.69) is 22.0 Å². The molecule has 5 nitrogen and oxygen atoms in total. The standard InChI is InChI=1S/C18H25N3O2/c1-4-22-12-17-19-13(2)11-18(20-17)21-10-6-5-7-15(21)16-9-8-14(3)23-16/h8-9,11,15H,4-7,10,12H2,1-3H3. The molecule has 0 aromatic carbocycles. The fourth-order valence-electron chi connectivity index (χ4n) is 3.15. The molecule has 1 atom stereocenters. The third kappa shape index (κ3) is 3.72. The van der Waals surface area contributed by atoms with Gasteiger partial charge in [0, 0.05) is 24.9 Å². The normalized spacial score (nSPS) is 18.4. The van der Waals surface area contributed by atoms with Gasteiger partial charge in [0.2, 0.25) is 0 Å². The third-order valence-corrected chi connectivity index (χ3v) is 4.21. The molecule has 1 unspecified atom stereocenters. The Labute approximate surface area is 137 Å². The van der Waals surface area contributed by atoms with Crippen LogP contribution in [-0.4, -0.2) is 23.1 Å². The molecule has 0 aliphatic carbocycles. The van der Waals surface area contributed by atoms with Crippen molar-refractivity contribution >= 4 is 5.82 Å². The third-order valence-electron chi connectivity index (χ3n) is 4.21. The van der Waals surface area contributed by atoms with Gasteiger partial charge in [-0.2, -0.15) is 0 Å². The van der Waals surface area contributed by atoms with Crippen molar-refractivity contribution in [2.24, 2.45) is 0 Å². The second-order valence-electron chi connectivity index (χ2n) is 6.07. The molecule has 2 aromatic rings. The number of ether oxygens (including phenoxy) is 1. The van der Waals surface area contributed by atoms with Crippen LogP contribution in [-0.2, 0) is 11.3 Å². The molecule has 0 N–H and O–H groups in total. The molecular weight excluding hydrogens is 290 g/mol. The fourth-order valence-corrected chi connectivity index (χ4v) is 3.15. The van der Waals surface area contributed by atoms with Gasteiger partial charge in [0.15, 0.2) is 5.82 Å². The van der Waals surface area contributed by atoms with Gasteiger partial charge >= 0.3 is 0 Å². The quantitative estimate of drug-likeness (QED) is 0.836. The number of nitrogens with zero attached hydrogens (tertiary/aromatic N) is 3. The molecule has 5 heteroatoms. The molecule has 1 aliphatic rings. The van der Waals surface area contributed by atoms with Crippen molar-refractivity contribution in [2.45, 2.75) is 52.7 Å². The SMILES string of the molecule is CCOCc1nc(C)cc(N2CCCCC2c2ccc(C)o2)n1. The lowest BCUT2D eigenvalue weighted by Crippen LogP contribution is -2.34. The highest BCUT2D eigenvalue weighted by Gasteiger charge is 2.28. The van der Waals surface area contributed by atoms with Gasteiger partial charge in [-0.25, -0.2) is 9.97 Å². The van der Waals surface area contributed by atoms with Crippen molar-refractivity contribution in [3.8, 4) is 0 Å². The first-order valence-electron chi connectivity index (χ1n) is 8.42. The highest BCUT2D eigenvalue weighted by atomic mass is 16.5. The molecule has 2 aromatic heterocycles. The van der Waals surface area contributed by atoms with Crippen molar-refractivity contribution in [1.82, 2.24) is 9.97 Å². The van der Waals surface area contributed by atoms with Gasteiger partial charge < -0.3 is 14.1 Å². The zero-order chi connectivity index (χ0) is 16.2. The Bertz CT molecular complexity index is 653. The summed E-state index contributed by atoms with van der Waals surface area (Å²) in [7, 11) is 0. The molecule has 0 spiro atoms. The maximum Gasteiger partial charge on any atom is 0.156 e. The van der Waals surface area contributed by atoms with E-state index in [4.69, 9.17) is 14.1 Å². The number of hydrogen-bond donors (Lipinski definition) is 0. The van der Waals surface area contributed by atoms with E-state index in [-0.39, 0.29) is 6.04 Å². The van der Waals surface area contributed by atoms with Crippen LogP contribution < -0.4 is 4.90 Å². The number of anilines is 1. The maximum atomic E-state index is 5.89. The Balaban J connectivity index is 1.89. The second-order valence-corrected chi connectivity index (χ2v) is 6.07. The van der Waals surface area contributed by atoms with Crippen LogP contribution in [0.5, 0.6) is 0 Å². The monoisotopic (exact) mass is 315 g/mol. The summed E-state index contributed by atoms with van der Waals surface area (Å²) in [5.74, 6) is 3.72. The minimum Gasteiger partial charge on any atom is -0.464 e. The van der Waals surface area contributed by atoms with Gasteiger partial charge in [-0.15, -0.1) is 0 Å². The van der Waals surface area contributed by atoms with Gasteiger partial charge in [-0.05, 0) is 52.2 Å². The summed E-state index contributed by atoms with van der Waals surface area (Å²) in [6.45, 7) is 8.11. The Morgan fingerprint density at radius 1 is 1.26 bits per heavy atom. The summed E-state index contributed by atoms with van der Waals surface area (Å²) in [6, 6.07) is 6.44. The molecular formula is C18H25N3O2. The average molecular weight is 315 g/mol. The highest BCUT2D eigenvalue weighted by molar-refractivity contribution is 5.43. The number of piperidine rings is 1. The topological polar surface area (TPSA) is 51.4 Å². The predicted molar refractivity (Wildman–Crippen MR) is 89.5 cm³/mol. The van der Waals surface area contributed by atoms with E-state index in [1.165, 1.54) is 12.8 Å². The summed E-state index contributed by atoms with van der Waals surface area (Å²) < 4.78 is 11.4. The minimum absolute atomic E-state index is 0.256. The van der Waals surface area contributed by atoms with Crippen LogP contribution >= 0.6 is 0 Å². The smallest absolute Gasteiger partial charge is 0.156 e. The van der Waals surface area contributed by atoms with Crippen molar-refractivity contribution in [1.29, 1.82) is 0 Å². The number of rotatable bonds is 5. The Kier molecular flexibility index (Phi) is 4.96. The lowest BCUT2D eigenvalue weighted by Gasteiger charge is -2.35. The zero-order valence-electron chi connectivity index (χ0n) is 14.2. The van der Waals surface area contributed by atoms with Crippen LogP contribution in [0.1, 0.15) is 55.3 Å². The average Bonchev–Trinajstić information content (AvgIpc) is 2.99. The largest absolute Gasteiger partial charge is 0.464 e. The Hall–Kier alpha value is -1.88. The van der Waals surface area contributed by atoms with E-state index in [0.717, 1.165) is 41.8 Å². The summed E-state index contributed by atoms with van der Waals surface area (Å²) in [5.41, 5.74) is 0.977. The van der Waals surface area contributed by atoms with E-state index in [1.54, 1.807) is 0 Å². The molecule has 0 amide bonds. The van der Waals surface area contributed by atoms with Crippen LogP contribution in [0.2, 0.25) is 0 Å². The molecule has 1 aliphatic heterocycles. The Morgan fingerprint density at radius 3 is 2.87 bits per heavy atom. The first-order valence-corrected chi connectivity index (χ1v) is 8.42. The van der Waals surface area contributed by atoms with E-state index >= 15 is 0 Å². The second kappa shape index (κ2) is 7.13. The Morgan fingerprint density at radius 2 is 2.13 bits per heavy atom. The van der Waals surface area contributed by atoms with Gasteiger partial charge in [0.1, 0.15) is 23.9 Å². The first kappa shape index (κ1) is 16.0. The summed E-state index contributed by atoms with van der Waals surface area (Å²) in [4.78, 5) is 11.6. The summed E-state index contributed by atoms with van der Waals surface area (Å²) in [6.07, 6.45) is 3.49. The van der Waals surface area contributed by atoms with Gasteiger partial charge in [0.05, 0.1) is 6.04 Å². The summed E-state index contributed by atoms with van der Waals surface area (Å²) in [5, 5.41) is 0. The van der Waals surface area contributed by atoms with Crippen LogP contribution in [0.4, 0.5) is 5.82 Å². The number of hydrogen-bond acceptors (Lipinski definition) is 5. The fraction of sp³-hybridized carbons (Fsp3) is 0.556. The van der Waals surface area contributed by atoms with E-state index < -0.39 is 0 Å². The molecule has 1 saturated heterocycles. The van der Waals surface area contributed by atoms with Gasteiger partial charge in [0.25, 0.3) is 0 Å². The van der Waals surface area contributed by atoms with E-state index in [9.17, 15) is 0 Å². The van der Waals surface area contributed by atoms with Crippen molar-refractivity contribution in [2.75, 3.05) is 18.1 Å². The predicted octanol–water partition coefficient (Wildman–Crippen LogP) is 3.95. The minimum atomic E-state index is 0.256. The van der Waals surface area contributed by atoms with Crippen LogP contribution in [0.3, 0.4) is 0 Å². The van der Waals surface area contributed by atoms with Crippen LogP contribution in [0, 0.1) is 13.8 Å². The van der Waals surface area contributed by atoms with Crippen LogP contribution in [0.25, 0.3) is 0 Å². The molecule has 0 saturated carbocycles. The number of furan rings is 1. The molecule has 3 heterocycles. The lowest BCUT2D eigenvalue weighted by molar-refractivity contribution is 0.128. The first-order chi connectivity index (χ1) is 11.2. The van der Waals surface area contributed by atoms with E-state index in [1.807, 2.05) is 26.8 Å². The highest BCUT2D eigenvalue weighted by Crippen LogP contribution is 2.35. The molecule has 124 valence electrons. The number of aryl methyl sites for hydroxylation is 2.